The van der Waals surface area contributed by atoms with Crippen molar-refractivity contribution >= 4 is 16.9 Å². The fraction of sp³-hybridized carbons (Fsp3) is 0.267. The summed E-state index contributed by atoms with van der Waals surface area (Å²) in [6, 6.07) is 4.54. The molecule has 3 rings (SSSR count). The van der Waals surface area contributed by atoms with Crippen molar-refractivity contribution in [2.45, 2.75) is 13.8 Å². The van der Waals surface area contributed by atoms with Crippen LogP contribution in [0.4, 0.5) is 5.69 Å². The lowest BCUT2D eigenvalue weighted by Crippen LogP contribution is -2.06. The predicted octanol–water partition coefficient (Wildman–Crippen LogP) is 2.26. The van der Waals surface area contributed by atoms with E-state index in [2.05, 4.69) is 19.9 Å². The Labute approximate surface area is 135 Å². The molecule has 24 heavy (non-hydrogen) atoms. The van der Waals surface area contributed by atoms with Crippen LogP contribution in [-0.4, -0.2) is 31.5 Å². The molecule has 0 fully saturated rings. The number of imidazole rings is 1. The Morgan fingerprint density at radius 3 is 2.83 bits per heavy atom. The van der Waals surface area contributed by atoms with E-state index in [1.54, 1.807) is 6.07 Å². The van der Waals surface area contributed by atoms with Gasteiger partial charge in [-0.15, -0.1) is 0 Å². The van der Waals surface area contributed by atoms with E-state index in [1.807, 2.05) is 13.8 Å². The van der Waals surface area contributed by atoms with E-state index in [9.17, 15) is 14.9 Å². The van der Waals surface area contributed by atoms with Gasteiger partial charge in [-0.25, -0.2) is 9.97 Å². The SMILES string of the molecule is CC(C)COc1ccc(-c2nc3nc[nH]c(=O)c3[nH]2)cc1[N+](=O)[O-]. The third kappa shape index (κ3) is 2.96. The molecule has 0 aliphatic rings. The van der Waals surface area contributed by atoms with Gasteiger partial charge < -0.3 is 14.7 Å². The number of nitrogens with one attached hydrogen (secondary N) is 2. The molecule has 0 aliphatic heterocycles. The lowest BCUT2D eigenvalue weighted by molar-refractivity contribution is -0.385. The van der Waals surface area contributed by atoms with Crippen LogP contribution in [0.25, 0.3) is 22.6 Å². The van der Waals surface area contributed by atoms with Gasteiger partial charge in [-0.3, -0.25) is 14.9 Å². The molecule has 124 valence electrons. The summed E-state index contributed by atoms with van der Waals surface area (Å²) in [5.74, 6) is 0.773. The summed E-state index contributed by atoms with van der Waals surface area (Å²) >= 11 is 0. The quantitative estimate of drug-likeness (QED) is 0.546. The van der Waals surface area contributed by atoms with Gasteiger partial charge in [-0.05, 0) is 18.1 Å². The summed E-state index contributed by atoms with van der Waals surface area (Å²) in [7, 11) is 0. The number of ether oxygens (including phenoxy) is 1. The van der Waals surface area contributed by atoms with Crippen molar-refractivity contribution in [2.75, 3.05) is 6.61 Å². The largest absolute Gasteiger partial charge is 0.487 e. The summed E-state index contributed by atoms with van der Waals surface area (Å²) in [5.41, 5.74) is 0.420. The molecule has 0 spiro atoms. The van der Waals surface area contributed by atoms with Crippen molar-refractivity contribution < 1.29 is 9.66 Å². The van der Waals surface area contributed by atoms with E-state index in [-0.39, 0.29) is 34.1 Å². The number of benzene rings is 1. The zero-order chi connectivity index (χ0) is 17.3. The van der Waals surface area contributed by atoms with E-state index in [0.717, 1.165) is 0 Å². The highest BCUT2D eigenvalue weighted by atomic mass is 16.6. The topological polar surface area (TPSA) is 127 Å². The van der Waals surface area contributed by atoms with Gasteiger partial charge in [-0.2, -0.15) is 0 Å². The summed E-state index contributed by atoms with van der Waals surface area (Å²) in [6.45, 7) is 4.29. The molecular formula is C15H15N5O4. The molecule has 0 radical (unpaired) electrons. The maximum Gasteiger partial charge on any atom is 0.311 e. The van der Waals surface area contributed by atoms with Crippen LogP contribution < -0.4 is 10.3 Å². The second kappa shape index (κ2) is 6.11. The van der Waals surface area contributed by atoms with E-state index in [0.29, 0.717) is 18.0 Å². The van der Waals surface area contributed by atoms with Crippen molar-refractivity contribution in [3.05, 3.63) is 45.0 Å². The zero-order valence-electron chi connectivity index (χ0n) is 13.1. The van der Waals surface area contributed by atoms with Crippen molar-refractivity contribution in [2.24, 2.45) is 5.92 Å². The number of fused-ring (bicyclic) bond motifs is 1. The Balaban J connectivity index is 2.04. The number of hydrogen-bond donors (Lipinski definition) is 2. The molecule has 9 heteroatoms. The second-order valence-corrected chi connectivity index (χ2v) is 5.66. The Hall–Kier alpha value is -3.23. The first-order chi connectivity index (χ1) is 11.5. The van der Waals surface area contributed by atoms with E-state index in [4.69, 9.17) is 4.74 Å². The molecule has 9 nitrogen and oxygen atoms in total. The first kappa shape index (κ1) is 15.7. The molecule has 0 saturated carbocycles. The Morgan fingerprint density at radius 2 is 2.17 bits per heavy atom. The van der Waals surface area contributed by atoms with Crippen LogP contribution in [-0.2, 0) is 0 Å². The number of hydrogen-bond acceptors (Lipinski definition) is 6. The highest BCUT2D eigenvalue weighted by molar-refractivity contribution is 5.75. The predicted molar refractivity (Wildman–Crippen MR) is 86.9 cm³/mol. The average molecular weight is 329 g/mol. The van der Waals surface area contributed by atoms with Crippen LogP contribution in [0.15, 0.2) is 29.3 Å². The number of aromatic amines is 2. The molecule has 0 amide bonds. The van der Waals surface area contributed by atoms with Gasteiger partial charge in [-0.1, -0.05) is 13.8 Å². The molecule has 3 aromatic rings. The first-order valence-corrected chi connectivity index (χ1v) is 7.30. The standard InChI is InChI=1S/C15H15N5O4/c1-8(2)6-24-11-4-3-9(5-10(11)20(22)23)13-18-12-14(19-13)16-7-17-15(12)21/h3-5,7-8H,6H2,1-2H3,(H2,16,17,18,19,21). The van der Waals surface area contributed by atoms with Crippen molar-refractivity contribution in [1.29, 1.82) is 0 Å². The Morgan fingerprint density at radius 1 is 1.38 bits per heavy atom. The van der Waals surface area contributed by atoms with E-state index < -0.39 is 4.92 Å². The normalized spacial score (nSPS) is 11.1. The molecule has 0 unspecified atom stereocenters. The molecule has 1 aromatic carbocycles. The molecule has 0 bridgehead atoms. The van der Waals surface area contributed by atoms with Gasteiger partial charge in [0.1, 0.15) is 5.82 Å². The Bertz CT molecular complexity index is 960. The highest BCUT2D eigenvalue weighted by Gasteiger charge is 2.19. The minimum atomic E-state index is -0.507. The smallest absolute Gasteiger partial charge is 0.311 e. The van der Waals surface area contributed by atoms with Crippen molar-refractivity contribution in [1.82, 2.24) is 19.9 Å². The van der Waals surface area contributed by atoms with Crippen LogP contribution in [0.2, 0.25) is 0 Å². The second-order valence-electron chi connectivity index (χ2n) is 5.66. The number of H-pyrrole nitrogens is 2. The van der Waals surface area contributed by atoms with Crippen LogP contribution in [0, 0.1) is 16.0 Å². The third-order valence-corrected chi connectivity index (χ3v) is 3.30. The Kier molecular flexibility index (Phi) is 3.98. The zero-order valence-corrected chi connectivity index (χ0v) is 13.1. The lowest BCUT2D eigenvalue weighted by atomic mass is 10.1. The van der Waals surface area contributed by atoms with E-state index >= 15 is 0 Å². The van der Waals surface area contributed by atoms with Crippen LogP contribution in [0.1, 0.15) is 13.8 Å². The van der Waals surface area contributed by atoms with Crippen LogP contribution in [0.3, 0.4) is 0 Å². The number of nitrogens with zero attached hydrogens (tertiary/aromatic N) is 3. The maximum absolute atomic E-state index is 11.7. The van der Waals surface area contributed by atoms with Crippen LogP contribution >= 0.6 is 0 Å². The van der Waals surface area contributed by atoms with Gasteiger partial charge in [0.05, 0.1) is 17.9 Å². The molecule has 2 N–H and O–H groups in total. The summed E-state index contributed by atoms with van der Waals surface area (Å²) in [5, 5.41) is 11.3. The number of rotatable bonds is 5. The average Bonchev–Trinajstić information content (AvgIpc) is 2.98. The summed E-state index contributed by atoms with van der Waals surface area (Å²) < 4.78 is 5.49. The monoisotopic (exact) mass is 329 g/mol. The molecule has 0 atom stereocenters. The van der Waals surface area contributed by atoms with Crippen molar-refractivity contribution in [3.63, 3.8) is 0 Å². The number of nitro groups is 1. The number of aromatic nitrogens is 4. The number of nitro benzene ring substituents is 1. The van der Waals surface area contributed by atoms with Crippen molar-refractivity contribution in [3.8, 4) is 17.1 Å². The minimum absolute atomic E-state index is 0.157. The molecule has 0 saturated heterocycles. The third-order valence-electron chi connectivity index (χ3n) is 3.30. The molecular weight excluding hydrogens is 314 g/mol. The minimum Gasteiger partial charge on any atom is -0.487 e. The van der Waals surface area contributed by atoms with Gasteiger partial charge in [0, 0.05) is 11.6 Å². The highest BCUT2D eigenvalue weighted by Crippen LogP contribution is 2.32. The first-order valence-electron chi connectivity index (χ1n) is 7.30. The van der Waals surface area contributed by atoms with Gasteiger partial charge in [0.15, 0.2) is 16.9 Å². The molecule has 0 aliphatic carbocycles. The van der Waals surface area contributed by atoms with Gasteiger partial charge >= 0.3 is 5.69 Å². The fourth-order valence-electron chi connectivity index (χ4n) is 2.16. The fourth-order valence-corrected chi connectivity index (χ4v) is 2.16. The van der Waals surface area contributed by atoms with Gasteiger partial charge in [0.25, 0.3) is 5.56 Å². The van der Waals surface area contributed by atoms with Crippen LogP contribution in [0.5, 0.6) is 5.75 Å². The summed E-state index contributed by atoms with van der Waals surface area (Å²) in [4.78, 5) is 35.9. The molecule has 2 heterocycles. The lowest BCUT2D eigenvalue weighted by Gasteiger charge is -2.09. The maximum atomic E-state index is 11.7. The van der Waals surface area contributed by atoms with Gasteiger partial charge in [0.2, 0.25) is 0 Å². The molecule has 2 aromatic heterocycles. The summed E-state index contributed by atoms with van der Waals surface area (Å²) in [6.07, 6.45) is 1.25. The van der Waals surface area contributed by atoms with E-state index in [1.165, 1.54) is 18.5 Å².